The molecule has 0 spiro atoms. The molecule has 0 bridgehead atoms. The van der Waals surface area contributed by atoms with Crippen LogP contribution in [-0.2, 0) is 11.3 Å². The minimum Gasteiger partial charge on any atom is -0.495 e. The second-order valence-corrected chi connectivity index (χ2v) is 8.65. The van der Waals surface area contributed by atoms with Gasteiger partial charge in [-0.1, -0.05) is 23.7 Å². The fourth-order valence-corrected chi connectivity index (χ4v) is 4.56. The Balaban J connectivity index is 1.58. The second-order valence-electron chi connectivity index (χ2n) is 7.25. The van der Waals surface area contributed by atoms with Gasteiger partial charge in [0.1, 0.15) is 22.9 Å². The van der Waals surface area contributed by atoms with Crippen molar-refractivity contribution in [1.29, 1.82) is 0 Å². The summed E-state index contributed by atoms with van der Waals surface area (Å²) in [5, 5.41) is 5.48. The van der Waals surface area contributed by atoms with Gasteiger partial charge >= 0.3 is 0 Å². The zero-order valence-corrected chi connectivity index (χ0v) is 19.6. The molecular weight excluding hydrogens is 483 g/mol. The summed E-state index contributed by atoms with van der Waals surface area (Å²) in [4.78, 5) is 43.3. The number of anilines is 2. The first-order chi connectivity index (χ1) is 16.3. The number of benzene rings is 2. The molecule has 0 aliphatic rings. The molecule has 0 aliphatic heterocycles. The zero-order valence-electron chi connectivity index (χ0n) is 18.0. The number of ether oxygens (including phenoxy) is 1. The molecule has 34 heavy (non-hydrogen) atoms. The molecule has 2 aromatic heterocycles. The minimum atomic E-state index is -0.600. The van der Waals surface area contributed by atoms with E-state index >= 15 is 0 Å². The zero-order chi connectivity index (χ0) is 24.4. The second kappa shape index (κ2) is 9.62. The van der Waals surface area contributed by atoms with E-state index in [1.165, 1.54) is 30.1 Å². The van der Waals surface area contributed by atoms with Crippen molar-refractivity contribution in [3.63, 3.8) is 0 Å². The molecule has 4 rings (SSSR count). The van der Waals surface area contributed by atoms with E-state index in [1.54, 1.807) is 31.2 Å². The van der Waals surface area contributed by atoms with Crippen molar-refractivity contribution < 1.29 is 18.7 Å². The largest absolute Gasteiger partial charge is 0.495 e. The van der Waals surface area contributed by atoms with Crippen LogP contribution >= 0.6 is 22.9 Å². The average molecular weight is 501 g/mol. The van der Waals surface area contributed by atoms with Gasteiger partial charge < -0.3 is 15.4 Å². The van der Waals surface area contributed by atoms with Gasteiger partial charge in [-0.25, -0.2) is 9.37 Å². The highest BCUT2D eigenvalue weighted by atomic mass is 35.5. The Morgan fingerprint density at radius 3 is 2.71 bits per heavy atom. The lowest BCUT2D eigenvalue weighted by Crippen LogP contribution is -2.28. The third kappa shape index (κ3) is 4.63. The highest BCUT2D eigenvalue weighted by molar-refractivity contribution is 7.20. The monoisotopic (exact) mass is 500 g/mol. The number of carbonyl (C=O) groups excluding carboxylic acids is 2. The Morgan fingerprint density at radius 1 is 1.21 bits per heavy atom. The van der Waals surface area contributed by atoms with Gasteiger partial charge in [-0.15, -0.1) is 11.3 Å². The van der Waals surface area contributed by atoms with Crippen LogP contribution in [0.5, 0.6) is 5.75 Å². The topological polar surface area (TPSA) is 102 Å². The number of amides is 2. The van der Waals surface area contributed by atoms with E-state index in [-0.39, 0.29) is 21.8 Å². The molecule has 2 amide bonds. The molecule has 8 nitrogen and oxygen atoms in total. The van der Waals surface area contributed by atoms with Gasteiger partial charge in [0.25, 0.3) is 11.5 Å². The highest BCUT2D eigenvalue weighted by Gasteiger charge is 2.20. The molecule has 0 atom stereocenters. The van der Waals surface area contributed by atoms with E-state index in [9.17, 15) is 18.8 Å². The van der Waals surface area contributed by atoms with Crippen LogP contribution in [0.1, 0.15) is 15.2 Å². The van der Waals surface area contributed by atoms with Crippen molar-refractivity contribution in [2.45, 2.75) is 13.5 Å². The molecule has 2 heterocycles. The maximum absolute atomic E-state index is 13.4. The lowest BCUT2D eigenvalue weighted by Gasteiger charge is -2.10. The van der Waals surface area contributed by atoms with E-state index < -0.39 is 23.2 Å². The Bertz CT molecular complexity index is 1480. The van der Waals surface area contributed by atoms with E-state index in [0.29, 0.717) is 27.5 Å². The number of halogens is 2. The van der Waals surface area contributed by atoms with Gasteiger partial charge in [-0.05, 0) is 42.8 Å². The first-order valence-corrected chi connectivity index (χ1v) is 11.2. The fourth-order valence-electron chi connectivity index (χ4n) is 3.34. The Kier molecular flexibility index (Phi) is 6.62. The first-order valence-electron chi connectivity index (χ1n) is 9.96. The molecule has 0 saturated carbocycles. The van der Waals surface area contributed by atoms with Crippen LogP contribution in [0, 0.1) is 12.7 Å². The normalized spacial score (nSPS) is 10.8. The molecule has 0 saturated heterocycles. The van der Waals surface area contributed by atoms with E-state index in [4.69, 9.17) is 16.3 Å². The van der Waals surface area contributed by atoms with E-state index in [2.05, 4.69) is 15.6 Å². The average Bonchev–Trinajstić information content (AvgIpc) is 3.15. The minimum absolute atomic E-state index is 0.123. The summed E-state index contributed by atoms with van der Waals surface area (Å²) in [6.45, 7) is 1.36. The number of hydrogen-bond acceptors (Lipinski definition) is 6. The summed E-state index contributed by atoms with van der Waals surface area (Å²) in [6, 6.07) is 10.7. The number of aromatic nitrogens is 2. The summed E-state index contributed by atoms with van der Waals surface area (Å²) in [5.74, 6) is -1.03. The summed E-state index contributed by atoms with van der Waals surface area (Å²) in [6.07, 6.45) is 1.27. The van der Waals surface area contributed by atoms with Crippen molar-refractivity contribution in [2.75, 3.05) is 17.7 Å². The summed E-state index contributed by atoms with van der Waals surface area (Å²) >= 11 is 6.82. The van der Waals surface area contributed by atoms with Gasteiger partial charge in [0.15, 0.2) is 0 Å². The quantitative estimate of drug-likeness (QED) is 0.407. The smallest absolute Gasteiger partial charge is 0.266 e. The van der Waals surface area contributed by atoms with Crippen molar-refractivity contribution in [3.05, 3.63) is 80.4 Å². The maximum Gasteiger partial charge on any atom is 0.266 e. The van der Waals surface area contributed by atoms with Crippen LogP contribution in [0.15, 0.2) is 53.6 Å². The van der Waals surface area contributed by atoms with Crippen molar-refractivity contribution in [2.24, 2.45) is 0 Å². The SMILES string of the molecule is COc1ccccc1NC(=O)Cn1cnc2sc(C(=O)Nc3ccc(F)c(Cl)c3)c(C)c2c1=O. The molecule has 0 radical (unpaired) electrons. The van der Waals surface area contributed by atoms with Crippen LogP contribution in [0.2, 0.25) is 5.02 Å². The lowest BCUT2D eigenvalue weighted by atomic mass is 10.2. The molecule has 174 valence electrons. The van der Waals surface area contributed by atoms with Crippen LogP contribution in [0.25, 0.3) is 10.2 Å². The van der Waals surface area contributed by atoms with Crippen LogP contribution in [0.4, 0.5) is 15.8 Å². The molecular formula is C23H18ClFN4O4S. The molecule has 4 aromatic rings. The number of rotatable bonds is 6. The number of thiophene rings is 1. The third-order valence-electron chi connectivity index (χ3n) is 5.00. The van der Waals surface area contributed by atoms with Crippen molar-refractivity contribution in [3.8, 4) is 5.75 Å². The van der Waals surface area contributed by atoms with Gasteiger partial charge in [0.2, 0.25) is 5.91 Å². The number of fused-ring (bicyclic) bond motifs is 1. The van der Waals surface area contributed by atoms with Gasteiger partial charge in [-0.3, -0.25) is 19.0 Å². The van der Waals surface area contributed by atoms with Gasteiger partial charge in [-0.2, -0.15) is 0 Å². The lowest BCUT2D eigenvalue weighted by molar-refractivity contribution is -0.116. The number of nitrogens with zero attached hydrogens (tertiary/aromatic N) is 2. The Hall–Kier alpha value is -3.76. The van der Waals surface area contributed by atoms with Crippen molar-refractivity contribution in [1.82, 2.24) is 9.55 Å². The van der Waals surface area contributed by atoms with Crippen LogP contribution in [-0.4, -0.2) is 28.5 Å². The van der Waals surface area contributed by atoms with Crippen LogP contribution < -0.4 is 20.9 Å². The molecule has 0 aliphatic carbocycles. The van der Waals surface area contributed by atoms with E-state index in [1.807, 2.05) is 0 Å². The highest BCUT2D eigenvalue weighted by Crippen LogP contribution is 2.28. The molecule has 0 fully saturated rings. The fraction of sp³-hybridized carbons (Fsp3) is 0.130. The van der Waals surface area contributed by atoms with Gasteiger partial charge in [0, 0.05) is 5.69 Å². The third-order valence-corrected chi connectivity index (χ3v) is 6.48. The molecule has 0 unspecified atom stereocenters. The van der Waals surface area contributed by atoms with Crippen molar-refractivity contribution >= 4 is 56.3 Å². The van der Waals surface area contributed by atoms with Gasteiger partial charge in [0.05, 0.1) is 34.4 Å². The predicted molar refractivity (Wildman–Crippen MR) is 130 cm³/mol. The Labute approximate surface area is 202 Å². The number of nitrogens with one attached hydrogen (secondary N) is 2. The van der Waals surface area contributed by atoms with E-state index in [0.717, 1.165) is 17.4 Å². The summed E-state index contributed by atoms with van der Waals surface area (Å²) < 4.78 is 19.8. The number of para-hydroxylation sites is 2. The summed E-state index contributed by atoms with van der Waals surface area (Å²) in [5.41, 5.74) is 0.774. The molecule has 11 heteroatoms. The number of hydrogen-bond donors (Lipinski definition) is 2. The Morgan fingerprint density at radius 2 is 1.97 bits per heavy atom. The molecule has 2 aromatic carbocycles. The predicted octanol–water partition coefficient (Wildman–Crippen LogP) is 4.46. The summed E-state index contributed by atoms with van der Waals surface area (Å²) in [7, 11) is 1.49. The molecule has 2 N–H and O–H groups in total. The number of carbonyl (C=O) groups is 2. The maximum atomic E-state index is 13.4. The number of aryl methyl sites for hydroxylation is 1. The first kappa shape index (κ1) is 23.4. The number of methoxy groups -OCH3 is 1. The standard InChI is InChI=1S/C23H18ClFN4O4S/c1-12-19-22(34-20(12)21(31)27-13-7-8-15(25)14(24)9-13)26-11-29(23(19)32)10-18(30)28-16-5-3-4-6-17(16)33-2/h3-9,11H,10H2,1-2H3,(H,27,31)(H,28,30). The van der Waals surface area contributed by atoms with Crippen LogP contribution in [0.3, 0.4) is 0 Å².